The van der Waals surface area contributed by atoms with Gasteiger partial charge in [-0.05, 0) is 25.3 Å². The SMILES string of the molecule is CCCO[C@H]1CCCN(C(=O)c2cncc(Cl)c2)C1. The van der Waals surface area contributed by atoms with E-state index in [1.807, 2.05) is 4.90 Å². The second kappa shape index (κ2) is 6.87. The van der Waals surface area contributed by atoms with E-state index in [0.29, 0.717) is 17.1 Å². The summed E-state index contributed by atoms with van der Waals surface area (Å²) in [6, 6.07) is 1.66. The molecule has 1 aromatic heterocycles. The smallest absolute Gasteiger partial charge is 0.255 e. The summed E-state index contributed by atoms with van der Waals surface area (Å²) in [5, 5.41) is 0.488. The molecule has 0 saturated carbocycles. The summed E-state index contributed by atoms with van der Waals surface area (Å²) < 4.78 is 5.74. The molecule has 0 bridgehead atoms. The highest BCUT2D eigenvalue weighted by atomic mass is 35.5. The highest BCUT2D eigenvalue weighted by Gasteiger charge is 2.25. The molecular weight excluding hydrogens is 264 g/mol. The average Bonchev–Trinajstić information content (AvgIpc) is 2.44. The van der Waals surface area contributed by atoms with E-state index in [0.717, 1.165) is 32.4 Å². The molecule has 0 spiro atoms. The molecule has 0 radical (unpaired) electrons. The van der Waals surface area contributed by atoms with Crippen molar-refractivity contribution in [2.75, 3.05) is 19.7 Å². The minimum Gasteiger partial charge on any atom is -0.376 e. The highest BCUT2D eigenvalue weighted by Crippen LogP contribution is 2.17. The summed E-state index contributed by atoms with van der Waals surface area (Å²) in [4.78, 5) is 18.1. The fourth-order valence-electron chi connectivity index (χ4n) is 2.25. The Hall–Kier alpha value is -1.13. The molecule has 1 fully saturated rings. The van der Waals surface area contributed by atoms with Crippen LogP contribution >= 0.6 is 11.6 Å². The first-order valence-electron chi connectivity index (χ1n) is 6.72. The van der Waals surface area contributed by atoms with E-state index < -0.39 is 0 Å². The topological polar surface area (TPSA) is 42.4 Å². The maximum Gasteiger partial charge on any atom is 0.255 e. The van der Waals surface area contributed by atoms with Gasteiger partial charge < -0.3 is 9.64 Å². The number of nitrogens with zero attached hydrogens (tertiary/aromatic N) is 2. The van der Waals surface area contributed by atoms with Crippen molar-refractivity contribution in [3.8, 4) is 0 Å². The minimum atomic E-state index is -0.0141. The molecule has 1 amide bonds. The van der Waals surface area contributed by atoms with Gasteiger partial charge in [-0.2, -0.15) is 0 Å². The van der Waals surface area contributed by atoms with E-state index in [1.54, 1.807) is 12.3 Å². The lowest BCUT2D eigenvalue weighted by Crippen LogP contribution is -2.43. The number of aromatic nitrogens is 1. The monoisotopic (exact) mass is 282 g/mol. The standard InChI is InChI=1S/C14H19ClN2O2/c1-2-6-19-13-4-3-5-17(10-13)14(18)11-7-12(15)9-16-8-11/h7-9,13H,2-6,10H2,1H3/t13-/m0/s1. The van der Waals surface area contributed by atoms with Crippen LogP contribution in [0.25, 0.3) is 0 Å². The number of piperidine rings is 1. The molecule has 2 heterocycles. The third kappa shape index (κ3) is 3.91. The summed E-state index contributed by atoms with van der Waals surface area (Å²) in [7, 11) is 0. The zero-order valence-electron chi connectivity index (χ0n) is 11.1. The molecule has 104 valence electrons. The zero-order chi connectivity index (χ0) is 13.7. The van der Waals surface area contributed by atoms with Gasteiger partial charge in [0, 0.05) is 32.1 Å². The van der Waals surface area contributed by atoms with Crippen molar-refractivity contribution < 1.29 is 9.53 Å². The predicted molar refractivity (Wildman–Crippen MR) is 74.4 cm³/mol. The van der Waals surface area contributed by atoms with Crippen LogP contribution in [-0.4, -0.2) is 41.6 Å². The quantitative estimate of drug-likeness (QED) is 0.853. The zero-order valence-corrected chi connectivity index (χ0v) is 11.9. The van der Waals surface area contributed by atoms with Crippen molar-refractivity contribution in [2.45, 2.75) is 32.3 Å². The largest absolute Gasteiger partial charge is 0.376 e. The van der Waals surface area contributed by atoms with Crippen LogP contribution in [-0.2, 0) is 4.74 Å². The van der Waals surface area contributed by atoms with Crippen LogP contribution < -0.4 is 0 Å². The first kappa shape index (κ1) is 14.3. The molecule has 19 heavy (non-hydrogen) atoms. The Kier molecular flexibility index (Phi) is 5.16. The predicted octanol–water partition coefficient (Wildman–Crippen LogP) is 2.77. The third-order valence-corrected chi connectivity index (χ3v) is 3.38. The molecule has 0 unspecified atom stereocenters. The van der Waals surface area contributed by atoms with Crippen molar-refractivity contribution in [3.05, 3.63) is 29.0 Å². The Balaban J connectivity index is 1.99. The molecule has 1 aliphatic heterocycles. The van der Waals surface area contributed by atoms with Gasteiger partial charge in [0.25, 0.3) is 5.91 Å². The molecule has 4 nitrogen and oxygen atoms in total. The fourth-order valence-corrected chi connectivity index (χ4v) is 2.43. The van der Waals surface area contributed by atoms with Gasteiger partial charge >= 0.3 is 0 Å². The third-order valence-electron chi connectivity index (χ3n) is 3.17. The van der Waals surface area contributed by atoms with Crippen LogP contribution in [0.4, 0.5) is 0 Å². The van der Waals surface area contributed by atoms with Gasteiger partial charge in [0.2, 0.25) is 0 Å². The molecule has 0 N–H and O–H groups in total. The molecule has 1 aromatic rings. The van der Waals surface area contributed by atoms with Crippen LogP contribution in [0.5, 0.6) is 0 Å². The van der Waals surface area contributed by atoms with E-state index in [2.05, 4.69) is 11.9 Å². The minimum absolute atomic E-state index is 0.0141. The lowest BCUT2D eigenvalue weighted by molar-refractivity contribution is 0.00210. The fraction of sp³-hybridized carbons (Fsp3) is 0.571. The van der Waals surface area contributed by atoms with Crippen molar-refractivity contribution in [1.29, 1.82) is 0 Å². The van der Waals surface area contributed by atoms with Crippen molar-refractivity contribution in [1.82, 2.24) is 9.88 Å². The number of amides is 1. The Morgan fingerprint density at radius 2 is 2.42 bits per heavy atom. The normalized spacial score (nSPS) is 19.5. The maximum atomic E-state index is 12.3. The van der Waals surface area contributed by atoms with Gasteiger partial charge in [-0.25, -0.2) is 0 Å². The summed E-state index contributed by atoms with van der Waals surface area (Å²) in [5.74, 6) is -0.0141. The number of likely N-dealkylation sites (tertiary alicyclic amines) is 1. The molecule has 1 saturated heterocycles. The molecule has 1 aliphatic rings. The summed E-state index contributed by atoms with van der Waals surface area (Å²) in [5.41, 5.74) is 0.545. The van der Waals surface area contributed by atoms with Crippen LogP contribution in [0.1, 0.15) is 36.5 Å². The number of ether oxygens (including phenoxy) is 1. The first-order valence-corrected chi connectivity index (χ1v) is 7.10. The molecular formula is C14H19ClN2O2. The molecule has 5 heteroatoms. The first-order chi connectivity index (χ1) is 9.20. The number of hydrogen-bond acceptors (Lipinski definition) is 3. The number of halogens is 1. The van der Waals surface area contributed by atoms with Crippen LogP contribution in [0.2, 0.25) is 5.02 Å². The van der Waals surface area contributed by atoms with Gasteiger partial charge in [0.1, 0.15) is 0 Å². The van der Waals surface area contributed by atoms with Gasteiger partial charge in [-0.15, -0.1) is 0 Å². The van der Waals surface area contributed by atoms with Crippen molar-refractivity contribution >= 4 is 17.5 Å². The Bertz CT molecular complexity index is 439. The van der Waals surface area contributed by atoms with E-state index in [9.17, 15) is 4.79 Å². The molecule has 2 rings (SSSR count). The van der Waals surface area contributed by atoms with Crippen LogP contribution in [0, 0.1) is 0 Å². The second-order valence-electron chi connectivity index (χ2n) is 4.78. The van der Waals surface area contributed by atoms with Gasteiger partial charge in [-0.1, -0.05) is 18.5 Å². The van der Waals surface area contributed by atoms with Crippen LogP contribution in [0.3, 0.4) is 0 Å². The van der Waals surface area contributed by atoms with Crippen LogP contribution in [0.15, 0.2) is 18.5 Å². The maximum absolute atomic E-state index is 12.3. The Labute approximate surface area is 118 Å². The average molecular weight is 283 g/mol. The highest BCUT2D eigenvalue weighted by molar-refractivity contribution is 6.30. The molecule has 0 aliphatic carbocycles. The van der Waals surface area contributed by atoms with E-state index in [1.165, 1.54) is 6.20 Å². The van der Waals surface area contributed by atoms with Crippen molar-refractivity contribution in [3.63, 3.8) is 0 Å². The van der Waals surface area contributed by atoms with Crippen molar-refractivity contribution in [2.24, 2.45) is 0 Å². The van der Waals surface area contributed by atoms with E-state index in [4.69, 9.17) is 16.3 Å². The van der Waals surface area contributed by atoms with Gasteiger partial charge in [-0.3, -0.25) is 9.78 Å². The Morgan fingerprint density at radius 3 is 3.16 bits per heavy atom. The number of carbonyl (C=O) groups is 1. The van der Waals surface area contributed by atoms with E-state index >= 15 is 0 Å². The Morgan fingerprint density at radius 1 is 1.58 bits per heavy atom. The van der Waals surface area contributed by atoms with E-state index in [-0.39, 0.29) is 12.0 Å². The molecule has 1 atom stereocenters. The second-order valence-corrected chi connectivity index (χ2v) is 5.21. The number of pyridine rings is 1. The lowest BCUT2D eigenvalue weighted by atomic mass is 10.1. The summed E-state index contributed by atoms with van der Waals surface area (Å²) in [6.45, 7) is 4.28. The van der Waals surface area contributed by atoms with Gasteiger partial charge in [0.05, 0.1) is 16.7 Å². The molecule has 0 aromatic carbocycles. The van der Waals surface area contributed by atoms with Gasteiger partial charge in [0.15, 0.2) is 0 Å². The lowest BCUT2D eigenvalue weighted by Gasteiger charge is -2.32. The number of rotatable bonds is 4. The number of carbonyl (C=O) groups excluding carboxylic acids is 1. The summed E-state index contributed by atoms with van der Waals surface area (Å²) in [6.07, 6.45) is 6.26. The number of hydrogen-bond donors (Lipinski definition) is 0. The summed E-state index contributed by atoms with van der Waals surface area (Å²) >= 11 is 5.87.